The minimum atomic E-state index is -4.31. The molecule has 0 fully saturated rings. The van der Waals surface area contributed by atoms with Crippen molar-refractivity contribution in [3.8, 4) is 0 Å². The Morgan fingerprint density at radius 3 is 2.57 bits per heavy atom. The topological polar surface area (TPSA) is 127 Å². The molecule has 0 amide bonds. The SMILES string of the molecule is CCCCC(NS(=O)(=O)c1cc(C)cc([N+](=O)[O-])c1Cl)C(=O)O. The molecule has 0 aliphatic heterocycles. The predicted octanol–water partition coefficient (Wildman–Crippen LogP) is 2.48. The second-order valence-corrected chi connectivity index (χ2v) is 7.07. The van der Waals surface area contributed by atoms with E-state index >= 15 is 0 Å². The summed E-state index contributed by atoms with van der Waals surface area (Å²) in [7, 11) is -4.31. The Morgan fingerprint density at radius 2 is 2.09 bits per heavy atom. The van der Waals surface area contributed by atoms with Gasteiger partial charge in [0, 0.05) is 6.07 Å². The third kappa shape index (κ3) is 4.88. The number of carboxylic acids is 1. The van der Waals surface area contributed by atoms with Crippen LogP contribution >= 0.6 is 11.6 Å². The molecule has 1 aromatic carbocycles. The lowest BCUT2D eigenvalue weighted by Crippen LogP contribution is -2.40. The molecule has 23 heavy (non-hydrogen) atoms. The third-order valence-electron chi connectivity index (χ3n) is 3.09. The molecular weight excluding hydrogens is 348 g/mol. The maximum Gasteiger partial charge on any atom is 0.321 e. The molecule has 128 valence electrons. The number of aryl methyl sites for hydroxylation is 1. The van der Waals surface area contributed by atoms with Crippen molar-refractivity contribution in [2.75, 3.05) is 0 Å². The number of benzene rings is 1. The number of aliphatic carboxylic acids is 1. The van der Waals surface area contributed by atoms with Gasteiger partial charge in [-0.05, 0) is 25.0 Å². The van der Waals surface area contributed by atoms with Crippen molar-refractivity contribution in [2.24, 2.45) is 0 Å². The summed E-state index contributed by atoms with van der Waals surface area (Å²) < 4.78 is 26.8. The van der Waals surface area contributed by atoms with Gasteiger partial charge in [-0.15, -0.1) is 0 Å². The summed E-state index contributed by atoms with van der Waals surface area (Å²) in [6, 6.07) is 0.986. The maximum absolute atomic E-state index is 12.4. The zero-order valence-corrected chi connectivity index (χ0v) is 14.1. The molecule has 0 spiro atoms. The molecule has 0 radical (unpaired) electrons. The highest BCUT2D eigenvalue weighted by molar-refractivity contribution is 7.89. The highest BCUT2D eigenvalue weighted by atomic mass is 35.5. The first-order chi connectivity index (χ1) is 10.6. The van der Waals surface area contributed by atoms with Gasteiger partial charge in [0.15, 0.2) is 0 Å². The van der Waals surface area contributed by atoms with Crippen LogP contribution in [-0.4, -0.2) is 30.5 Å². The Labute approximate surface area is 138 Å². The highest BCUT2D eigenvalue weighted by Crippen LogP contribution is 2.32. The lowest BCUT2D eigenvalue weighted by Gasteiger charge is -2.15. The van der Waals surface area contributed by atoms with Crippen LogP contribution in [0.5, 0.6) is 0 Å². The standard InChI is InChI=1S/C13H17ClN2O6S/c1-3-4-5-9(13(17)18)15-23(21,22)11-7-8(2)6-10(12(11)14)16(19)20/h6-7,9,15H,3-5H2,1-2H3,(H,17,18). The monoisotopic (exact) mass is 364 g/mol. The van der Waals surface area contributed by atoms with Gasteiger partial charge >= 0.3 is 5.97 Å². The van der Waals surface area contributed by atoms with Gasteiger partial charge in [-0.25, -0.2) is 8.42 Å². The summed E-state index contributed by atoms with van der Waals surface area (Å²) >= 11 is 5.82. The van der Waals surface area contributed by atoms with E-state index in [1.165, 1.54) is 6.92 Å². The number of rotatable bonds is 8. The minimum absolute atomic E-state index is 0.108. The van der Waals surface area contributed by atoms with Crippen LogP contribution < -0.4 is 4.72 Å². The fraction of sp³-hybridized carbons (Fsp3) is 0.462. The number of hydrogen-bond donors (Lipinski definition) is 2. The molecule has 1 rings (SSSR count). The molecule has 0 heterocycles. The van der Waals surface area contributed by atoms with Gasteiger partial charge in [-0.2, -0.15) is 4.72 Å². The van der Waals surface area contributed by atoms with Crippen LogP contribution in [0.2, 0.25) is 5.02 Å². The van der Waals surface area contributed by atoms with Crippen molar-refractivity contribution in [1.29, 1.82) is 0 Å². The Morgan fingerprint density at radius 1 is 1.48 bits per heavy atom. The van der Waals surface area contributed by atoms with Crippen molar-refractivity contribution in [1.82, 2.24) is 4.72 Å². The van der Waals surface area contributed by atoms with E-state index in [2.05, 4.69) is 0 Å². The third-order valence-corrected chi connectivity index (χ3v) is 5.10. The van der Waals surface area contributed by atoms with Crippen LogP contribution in [0.1, 0.15) is 31.7 Å². The minimum Gasteiger partial charge on any atom is -0.480 e. The molecule has 2 N–H and O–H groups in total. The molecule has 0 aliphatic carbocycles. The van der Waals surface area contributed by atoms with Gasteiger partial charge in [-0.1, -0.05) is 31.4 Å². The number of nitro groups is 1. The number of nitro benzene ring substituents is 1. The van der Waals surface area contributed by atoms with Crippen LogP contribution in [0.25, 0.3) is 0 Å². The zero-order chi connectivity index (χ0) is 17.8. The summed E-state index contributed by atoms with van der Waals surface area (Å²) in [5.41, 5.74) is -0.227. The molecule has 0 aliphatic rings. The lowest BCUT2D eigenvalue weighted by molar-refractivity contribution is -0.385. The van der Waals surface area contributed by atoms with Crippen molar-refractivity contribution >= 4 is 33.3 Å². The van der Waals surface area contributed by atoms with Crippen molar-refractivity contribution in [3.05, 3.63) is 32.8 Å². The number of sulfonamides is 1. The van der Waals surface area contributed by atoms with E-state index < -0.39 is 42.6 Å². The van der Waals surface area contributed by atoms with E-state index in [4.69, 9.17) is 16.7 Å². The molecule has 0 bridgehead atoms. The lowest BCUT2D eigenvalue weighted by atomic mass is 10.1. The Hall–Kier alpha value is -1.71. The van der Waals surface area contributed by atoms with Crippen LogP contribution in [0, 0.1) is 17.0 Å². The number of halogens is 1. The normalized spacial score (nSPS) is 12.8. The maximum atomic E-state index is 12.4. The number of hydrogen-bond acceptors (Lipinski definition) is 5. The predicted molar refractivity (Wildman–Crippen MR) is 84.1 cm³/mol. The van der Waals surface area contributed by atoms with Gasteiger partial charge in [0.05, 0.1) is 4.92 Å². The van der Waals surface area contributed by atoms with Crippen LogP contribution in [0.15, 0.2) is 17.0 Å². The summed E-state index contributed by atoms with van der Waals surface area (Å²) in [6.07, 6.45) is 1.32. The summed E-state index contributed by atoms with van der Waals surface area (Å²) in [6.45, 7) is 3.32. The van der Waals surface area contributed by atoms with Gasteiger partial charge in [-0.3, -0.25) is 14.9 Å². The Bertz CT molecular complexity index is 719. The van der Waals surface area contributed by atoms with Crippen LogP contribution in [-0.2, 0) is 14.8 Å². The number of carboxylic acid groups (broad SMARTS) is 1. The number of nitrogens with zero attached hydrogens (tertiary/aromatic N) is 1. The fourth-order valence-corrected chi connectivity index (χ4v) is 3.82. The average Bonchev–Trinajstić information content (AvgIpc) is 2.44. The van der Waals surface area contributed by atoms with Crippen molar-refractivity contribution in [3.63, 3.8) is 0 Å². The smallest absolute Gasteiger partial charge is 0.321 e. The van der Waals surface area contributed by atoms with E-state index in [1.54, 1.807) is 0 Å². The number of nitrogens with one attached hydrogen (secondary N) is 1. The number of unbranched alkanes of at least 4 members (excludes halogenated alkanes) is 1. The second kappa shape index (κ2) is 7.71. The van der Waals surface area contributed by atoms with E-state index in [9.17, 15) is 23.3 Å². The highest BCUT2D eigenvalue weighted by Gasteiger charge is 2.30. The number of carbonyl (C=O) groups is 1. The quantitative estimate of drug-likeness (QED) is 0.539. The van der Waals surface area contributed by atoms with E-state index in [0.29, 0.717) is 18.4 Å². The van der Waals surface area contributed by atoms with E-state index in [0.717, 1.165) is 12.1 Å². The largest absolute Gasteiger partial charge is 0.480 e. The molecule has 0 saturated heterocycles. The van der Waals surface area contributed by atoms with Crippen molar-refractivity contribution < 1.29 is 23.2 Å². The van der Waals surface area contributed by atoms with Crippen LogP contribution in [0.4, 0.5) is 5.69 Å². The first-order valence-corrected chi connectivity index (χ1v) is 8.66. The summed E-state index contributed by atoms with van der Waals surface area (Å²) in [4.78, 5) is 20.8. The van der Waals surface area contributed by atoms with Crippen molar-refractivity contribution in [2.45, 2.75) is 44.0 Å². The molecule has 1 aromatic rings. The van der Waals surface area contributed by atoms with Gasteiger partial charge in [0.1, 0.15) is 16.0 Å². The molecule has 10 heteroatoms. The second-order valence-electron chi connectivity index (χ2n) is 5.01. The van der Waals surface area contributed by atoms with E-state index in [1.807, 2.05) is 11.6 Å². The van der Waals surface area contributed by atoms with Gasteiger partial charge in [0.25, 0.3) is 5.69 Å². The summed E-state index contributed by atoms with van der Waals surface area (Å²) in [5.74, 6) is -1.32. The van der Waals surface area contributed by atoms with E-state index in [-0.39, 0.29) is 6.42 Å². The molecule has 1 atom stereocenters. The Balaban J connectivity index is 3.27. The fourth-order valence-electron chi connectivity index (χ4n) is 1.94. The average molecular weight is 365 g/mol. The molecule has 8 nitrogen and oxygen atoms in total. The Kier molecular flexibility index (Phi) is 6.48. The van der Waals surface area contributed by atoms with Gasteiger partial charge < -0.3 is 5.11 Å². The molecule has 1 unspecified atom stereocenters. The van der Waals surface area contributed by atoms with Crippen LogP contribution in [0.3, 0.4) is 0 Å². The molecular formula is C13H17ClN2O6S. The zero-order valence-electron chi connectivity index (χ0n) is 12.6. The summed E-state index contributed by atoms with van der Waals surface area (Å²) in [5, 5.41) is 19.5. The first-order valence-electron chi connectivity index (χ1n) is 6.79. The first kappa shape index (κ1) is 19.3. The molecule has 0 aromatic heterocycles. The van der Waals surface area contributed by atoms with Gasteiger partial charge in [0.2, 0.25) is 10.0 Å². The molecule has 0 saturated carbocycles.